The van der Waals surface area contributed by atoms with Crippen molar-refractivity contribution in [3.8, 4) is 0 Å². The van der Waals surface area contributed by atoms with Gasteiger partial charge in [-0.2, -0.15) is 5.10 Å². The van der Waals surface area contributed by atoms with E-state index in [9.17, 15) is 0 Å². The molecule has 1 N–H and O–H groups in total. The van der Waals surface area contributed by atoms with Crippen molar-refractivity contribution < 1.29 is 0 Å². The van der Waals surface area contributed by atoms with E-state index in [4.69, 9.17) is 0 Å². The molecule has 3 nitrogen and oxygen atoms in total. The number of aromatic nitrogens is 2. The number of nitrogens with zero attached hydrogens (tertiary/aromatic N) is 2. The summed E-state index contributed by atoms with van der Waals surface area (Å²) in [6.45, 7) is 11.8. The zero-order valence-corrected chi connectivity index (χ0v) is 14.1. The second-order valence-electron chi connectivity index (χ2n) is 6.02. The smallest absolute Gasteiger partial charge is 0.0666 e. The molecule has 0 fully saturated rings. The molecule has 0 amide bonds. The molecule has 3 heteroatoms. The van der Waals surface area contributed by atoms with Gasteiger partial charge in [0, 0.05) is 31.4 Å². The summed E-state index contributed by atoms with van der Waals surface area (Å²) < 4.78 is 1.90. The Morgan fingerprint density at radius 2 is 1.81 bits per heavy atom. The number of benzene rings is 1. The normalized spacial score (nSPS) is 12.7. The van der Waals surface area contributed by atoms with Crippen molar-refractivity contribution in [3.63, 3.8) is 0 Å². The van der Waals surface area contributed by atoms with E-state index in [0.717, 1.165) is 13.0 Å². The van der Waals surface area contributed by atoms with Gasteiger partial charge in [0.2, 0.25) is 0 Å². The van der Waals surface area contributed by atoms with Crippen LogP contribution in [0.3, 0.4) is 0 Å². The minimum Gasteiger partial charge on any atom is -0.306 e. The van der Waals surface area contributed by atoms with Crippen LogP contribution in [0.5, 0.6) is 0 Å². The van der Waals surface area contributed by atoms with Crippen molar-refractivity contribution in [2.45, 2.75) is 53.6 Å². The van der Waals surface area contributed by atoms with Crippen LogP contribution in [0.2, 0.25) is 0 Å². The average Bonchev–Trinajstić information content (AvgIpc) is 2.80. The van der Waals surface area contributed by atoms with Crippen molar-refractivity contribution in [3.05, 3.63) is 51.8 Å². The maximum absolute atomic E-state index is 4.50. The molecule has 2 rings (SSSR count). The van der Waals surface area contributed by atoms with Gasteiger partial charge in [-0.1, -0.05) is 19.1 Å². The Balaban J connectivity index is 2.11. The van der Waals surface area contributed by atoms with Gasteiger partial charge in [-0.15, -0.1) is 0 Å². The van der Waals surface area contributed by atoms with Crippen molar-refractivity contribution in [2.24, 2.45) is 7.05 Å². The first-order valence-electron chi connectivity index (χ1n) is 7.74. The topological polar surface area (TPSA) is 29.9 Å². The average molecular weight is 285 g/mol. The van der Waals surface area contributed by atoms with E-state index in [-0.39, 0.29) is 0 Å². The maximum atomic E-state index is 4.50. The second kappa shape index (κ2) is 6.44. The third kappa shape index (κ3) is 3.53. The predicted octanol–water partition coefficient (Wildman–Crippen LogP) is 3.76. The quantitative estimate of drug-likeness (QED) is 0.906. The third-order valence-corrected chi connectivity index (χ3v) is 4.27. The molecule has 1 heterocycles. The van der Waals surface area contributed by atoms with Gasteiger partial charge in [-0.05, 0) is 56.4 Å². The second-order valence-corrected chi connectivity index (χ2v) is 6.02. The van der Waals surface area contributed by atoms with Gasteiger partial charge < -0.3 is 5.32 Å². The van der Waals surface area contributed by atoms with Gasteiger partial charge in [-0.25, -0.2) is 0 Å². The highest BCUT2D eigenvalue weighted by Gasteiger charge is 2.12. The van der Waals surface area contributed by atoms with Crippen LogP contribution in [-0.4, -0.2) is 9.78 Å². The Morgan fingerprint density at radius 3 is 2.48 bits per heavy atom. The number of rotatable bonds is 5. The van der Waals surface area contributed by atoms with Crippen LogP contribution in [0.1, 0.15) is 53.4 Å². The summed E-state index contributed by atoms with van der Waals surface area (Å²) in [6.07, 6.45) is 3.10. The fourth-order valence-corrected chi connectivity index (χ4v) is 2.85. The Hall–Kier alpha value is -1.61. The SMILES string of the molecule is CCc1nn(C)cc1CNC(C)c1cc(C)c(C)cc1C. The van der Waals surface area contributed by atoms with E-state index in [1.807, 2.05) is 11.7 Å². The lowest BCUT2D eigenvalue weighted by atomic mass is 9.96. The number of hydrogen-bond acceptors (Lipinski definition) is 2. The van der Waals surface area contributed by atoms with E-state index in [0.29, 0.717) is 6.04 Å². The first-order valence-corrected chi connectivity index (χ1v) is 7.74. The lowest BCUT2D eigenvalue weighted by Crippen LogP contribution is -2.19. The lowest BCUT2D eigenvalue weighted by Gasteiger charge is -2.18. The summed E-state index contributed by atoms with van der Waals surface area (Å²) in [5.74, 6) is 0. The molecule has 0 radical (unpaired) electrons. The molecule has 0 spiro atoms. The van der Waals surface area contributed by atoms with Gasteiger partial charge in [-0.3, -0.25) is 4.68 Å². The highest BCUT2D eigenvalue weighted by Crippen LogP contribution is 2.22. The standard InChI is InChI=1S/C18H27N3/c1-7-18-16(11-21(6)20-18)10-19-15(5)17-9-13(3)12(2)8-14(17)4/h8-9,11,15,19H,7,10H2,1-6H3. The Kier molecular flexibility index (Phi) is 4.84. The molecular weight excluding hydrogens is 258 g/mol. The van der Waals surface area contributed by atoms with Gasteiger partial charge in [0.1, 0.15) is 0 Å². The van der Waals surface area contributed by atoms with Gasteiger partial charge in [0.25, 0.3) is 0 Å². The van der Waals surface area contributed by atoms with E-state index >= 15 is 0 Å². The predicted molar refractivity (Wildman–Crippen MR) is 88.5 cm³/mol. The molecule has 0 bridgehead atoms. The minimum atomic E-state index is 0.342. The van der Waals surface area contributed by atoms with Crippen LogP contribution >= 0.6 is 0 Å². The molecule has 0 saturated carbocycles. The summed E-state index contributed by atoms with van der Waals surface area (Å²) in [6, 6.07) is 4.94. The minimum absolute atomic E-state index is 0.342. The highest BCUT2D eigenvalue weighted by molar-refractivity contribution is 5.38. The molecule has 0 aliphatic carbocycles. The fraction of sp³-hybridized carbons (Fsp3) is 0.500. The van der Waals surface area contributed by atoms with E-state index in [1.165, 1.54) is 33.5 Å². The largest absolute Gasteiger partial charge is 0.306 e. The van der Waals surface area contributed by atoms with E-state index in [2.05, 4.69) is 63.4 Å². The van der Waals surface area contributed by atoms with Crippen LogP contribution in [-0.2, 0) is 20.0 Å². The van der Waals surface area contributed by atoms with Crippen LogP contribution in [0.15, 0.2) is 18.3 Å². The monoisotopic (exact) mass is 285 g/mol. The molecule has 1 atom stereocenters. The third-order valence-electron chi connectivity index (χ3n) is 4.27. The highest BCUT2D eigenvalue weighted by atomic mass is 15.3. The molecule has 1 unspecified atom stereocenters. The summed E-state index contributed by atoms with van der Waals surface area (Å²) in [4.78, 5) is 0. The lowest BCUT2D eigenvalue weighted by molar-refractivity contribution is 0.569. The molecule has 2 aromatic rings. The zero-order valence-electron chi connectivity index (χ0n) is 14.1. The van der Waals surface area contributed by atoms with Crippen LogP contribution in [0, 0.1) is 20.8 Å². The molecular formula is C18H27N3. The number of hydrogen-bond donors (Lipinski definition) is 1. The molecule has 1 aromatic carbocycles. The van der Waals surface area contributed by atoms with Gasteiger partial charge in [0.05, 0.1) is 5.69 Å². The molecule has 0 aliphatic rings. The fourth-order valence-electron chi connectivity index (χ4n) is 2.85. The molecule has 114 valence electrons. The summed E-state index contributed by atoms with van der Waals surface area (Å²) >= 11 is 0. The summed E-state index contributed by atoms with van der Waals surface area (Å²) in [7, 11) is 1.99. The maximum Gasteiger partial charge on any atom is 0.0666 e. The summed E-state index contributed by atoms with van der Waals surface area (Å²) in [5, 5.41) is 8.14. The van der Waals surface area contributed by atoms with Crippen molar-refractivity contribution in [1.82, 2.24) is 15.1 Å². The molecule has 21 heavy (non-hydrogen) atoms. The van der Waals surface area contributed by atoms with E-state index < -0.39 is 0 Å². The first kappa shape index (κ1) is 15.8. The zero-order chi connectivity index (χ0) is 15.6. The van der Waals surface area contributed by atoms with Crippen LogP contribution < -0.4 is 5.32 Å². The molecule has 0 saturated heterocycles. The summed E-state index contributed by atoms with van der Waals surface area (Å²) in [5.41, 5.74) is 7.96. The number of aryl methyl sites for hydroxylation is 5. The van der Waals surface area contributed by atoms with Crippen molar-refractivity contribution in [2.75, 3.05) is 0 Å². The number of nitrogens with one attached hydrogen (secondary N) is 1. The van der Waals surface area contributed by atoms with E-state index in [1.54, 1.807) is 0 Å². The van der Waals surface area contributed by atoms with Gasteiger partial charge in [0.15, 0.2) is 0 Å². The van der Waals surface area contributed by atoms with Crippen molar-refractivity contribution in [1.29, 1.82) is 0 Å². The van der Waals surface area contributed by atoms with Crippen molar-refractivity contribution >= 4 is 0 Å². The van der Waals surface area contributed by atoms with Gasteiger partial charge >= 0.3 is 0 Å². The molecule has 1 aromatic heterocycles. The Labute approximate surface area is 128 Å². The van der Waals surface area contributed by atoms with Crippen LogP contribution in [0.4, 0.5) is 0 Å². The Morgan fingerprint density at radius 1 is 1.14 bits per heavy atom. The Bertz CT molecular complexity index is 626. The first-order chi connectivity index (χ1) is 9.92. The van der Waals surface area contributed by atoms with Crippen LogP contribution in [0.25, 0.3) is 0 Å². The molecule has 0 aliphatic heterocycles.